The fraction of sp³-hybridized carbons (Fsp3) is 0.571. The highest BCUT2D eigenvalue weighted by Crippen LogP contribution is 2.35. The Hall–Kier alpha value is -0.000000000000000111. The van der Waals surface area contributed by atoms with Gasteiger partial charge in [-0.3, -0.25) is 0 Å². The maximum Gasteiger partial charge on any atom is 0.348 e. The maximum absolute atomic E-state index is 11.0. The Balaban J connectivity index is 2.78. The van der Waals surface area contributed by atoms with E-state index in [1.165, 1.54) is 11.8 Å². The van der Waals surface area contributed by atoms with Gasteiger partial charge < -0.3 is 9.84 Å². The van der Waals surface area contributed by atoms with Gasteiger partial charge >= 0.3 is 5.97 Å². The number of hydrogen-bond donors (Lipinski definition) is 1. The largest absolute Gasteiger partial charge is 0.427 e. The molecule has 1 rings (SSSR count). The molecule has 0 aromatic carbocycles. The number of cyclic esters (lactones) is 1. The van der Waals surface area contributed by atoms with Crippen LogP contribution in [0.2, 0.25) is 0 Å². The van der Waals surface area contributed by atoms with Gasteiger partial charge in [0.25, 0.3) is 0 Å². The van der Waals surface area contributed by atoms with Crippen molar-refractivity contribution in [1.29, 1.82) is 0 Å². The molecular formula is C7H9BrO3S. The van der Waals surface area contributed by atoms with Crippen LogP contribution in [-0.2, 0) is 9.53 Å². The van der Waals surface area contributed by atoms with Gasteiger partial charge in [-0.15, -0.1) is 11.8 Å². The second kappa shape index (κ2) is 3.81. The van der Waals surface area contributed by atoms with Crippen molar-refractivity contribution in [2.45, 2.75) is 25.4 Å². The van der Waals surface area contributed by atoms with E-state index >= 15 is 0 Å². The molecule has 0 aromatic heterocycles. The minimum absolute atomic E-state index is 0.297. The maximum atomic E-state index is 11.0. The molecule has 0 bridgehead atoms. The third-order valence-corrected chi connectivity index (χ3v) is 3.34. The number of halogens is 1. The zero-order valence-electron chi connectivity index (χ0n) is 6.70. The summed E-state index contributed by atoms with van der Waals surface area (Å²) in [6.07, 6.45) is -1.11. The molecule has 0 amide bonds. The third-order valence-electron chi connectivity index (χ3n) is 1.19. The summed E-state index contributed by atoms with van der Waals surface area (Å²) < 4.78 is 5.00. The second-order valence-electron chi connectivity index (χ2n) is 2.60. The van der Waals surface area contributed by atoms with Gasteiger partial charge in [0, 0.05) is 5.25 Å². The van der Waals surface area contributed by atoms with Crippen LogP contribution in [0.4, 0.5) is 0 Å². The van der Waals surface area contributed by atoms with Crippen LogP contribution in [0.3, 0.4) is 0 Å². The first-order valence-electron chi connectivity index (χ1n) is 3.47. The number of aliphatic hydroxyl groups excluding tert-OH is 1. The van der Waals surface area contributed by atoms with Crippen LogP contribution < -0.4 is 0 Å². The normalized spacial score (nSPS) is 23.8. The number of esters is 1. The van der Waals surface area contributed by atoms with E-state index in [9.17, 15) is 4.79 Å². The molecule has 0 radical (unpaired) electrons. The minimum Gasteiger partial charge on any atom is -0.427 e. The van der Waals surface area contributed by atoms with E-state index in [4.69, 9.17) is 5.11 Å². The molecule has 0 saturated heterocycles. The summed E-state index contributed by atoms with van der Waals surface area (Å²) in [6, 6.07) is 0. The van der Waals surface area contributed by atoms with Gasteiger partial charge in [0.1, 0.15) is 4.91 Å². The van der Waals surface area contributed by atoms with Gasteiger partial charge in [-0.2, -0.15) is 0 Å². The van der Waals surface area contributed by atoms with Crippen molar-refractivity contribution in [1.82, 2.24) is 0 Å². The molecule has 1 aliphatic rings. The lowest BCUT2D eigenvalue weighted by molar-refractivity contribution is -0.150. The number of thioether (sulfide) groups is 1. The molecular weight excluding hydrogens is 244 g/mol. The Labute approximate surface area is 83.3 Å². The summed E-state index contributed by atoms with van der Waals surface area (Å²) >= 11 is 4.48. The van der Waals surface area contributed by atoms with Gasteiger partial charge in [0.2, 0.25) is 6.29 Å². The van der Waals surface area contributed by atoms with Crippen LogP contribution in [0.5, 0.6) is 0 Å². The van der Waals surface area contributed by atoms with Gasteiger partial charge in [0.05, 0.1) is 4.48 Å². The lowest BCUT2D eigenvalue weighted by Crippen LogP contribution is -2.07. The van der Waals surface area contributed by atoms with Gasteiger partial charge in [-0.05, 0) is 15.9 Å². The predicted molar refractivity (Wildman–Crippen MR) is 50.8 cm³/mol. The average molecular weight is 253 g/mol. The SMILES string of the molecule is CC(C)SC1=C(Br)C(O)OC1=O. The molecule has 0 spiro atoms. The Kier molecular flexibility index (Phi) is 3.20. The summed E-state index contributed by atoms with van der Waals surface area (Å²) in [7, 11) is 0. The van der Waals surface area contributed by atoms with Gasteiger partial charge in [0.15, 0.2) is 0 Å². The van der Waals surface area contributed by atoms with Crippen LogP contribution in [0.1, 0.15) is 13.8 Å². The molecule has 1 unspecified atom stereocenters. The Morgan fingerprint density at radius 1 is 1.67 bits per heavy atom. The van der Waals surface area contributed by atoms with Crippen LogP contribution in [-0.4, -0.2) is 22.6 Å². The number of hydrogen-bond acceptors (Lipinski definition) is 4. The van der Waals surface area contributed by atoms with E-state index < -0.39 is 12.3 Å². The molecule has 1 atom stereocenters. The standard InChI is InChI=1S/C7H9BrO3S/c1-3(2)12-5-4(8)6(9)11-7(5)10/h3,6,9H,1-2H3. The number of rotatable bonds is 2. The Morgan fingerprint density at radius 3 is 2.58 bits per heavy atom. The zero-order valence-corrected chi connectivity index (χ0v) is 9.11. The van der Waals surface area contributed by atoms with Crippen LogP contribution in [0.25, 0.3) is 0 Å². The van der Waals surface area contributed by atoms with Gasteiger partial charge in [-0.1, -0.05) is 13.8 Å². The average Bonchev–Trinajstić information content (AvgIpc) is 2.16. The molecule has 1 aliphatic heterocycles. The number of carbonyl (C=O) groups excluding carboxylic acids is 1. The summed E-state index contributed by atoms with van der Waals surface area (Å²) in [4.78, 5) is 11.5. The molecule has 1 heterocycles. The Morgan fingerprint density at radius 2 is 2.25 bits per heavy atom. The highest BCUT2D eigenvalue weighted by Gasteiger charge is 2.31. The topological polar surface area (TPSA) is 46.5 Å². The zero-order chi connectivity index (χ0) is 9.30. The van der Waals surface area contributed by atoms with E-state index in [0.29, 0.717) is 14.6 Å². The van der Waals surface area contributed by atoms with E-state index in [2.05, 4.69) is 20.7 Å². The molecule has 0 saturated carbocycles. The van der Waals surface area contributed by atoms with Crippen molar-refractivity contribution in [2.75, 3.05) is 0 Å². The van der Waals surface area contributed by atoms with Crippen molar-refractivity contribution in [2.24, 2.45) is 0 Å². The van der Waals surface area contributed by atoms with E-state index in [-0.39, 0.29) is 0 Å². The first-order chi connectivity index (χ1) is 5.52. The second-order valence-corrected chi connectivity index (χ2v) is 5.04. The van der Waals surface area contributed by atoms with Gasteiger partial charge in [-0.25, -0.2) is 4.79 Å². The molecule has 0 aliphatic carbocycles. The van der Waals surface area contributed by atoms with Crippen LogP contribution in [0, 0.1) is 0 Å². The summed E-state index contributed by atoms with van der Waals surface area (Å²) in [6.45, 7) is 3.94. The lowest BCUT2D eigenvalue weighted by atomic mass is 10.5. The third kappa shape index (κ3) is 2.02. The molecule has 0 aromatic rings. The van der Waals surface area contributed by atoms with E-state index in [1.54, 1.807) is 0 Å². The Bertz CT molecular complexity index is 237. The fourth-order valence-corrected chi connectivity index (χ4v) is 2.12. The first-order valence-corrected chi connectivity index (χ1v) is 5.15. The highest BCUT2D eigenvalue weighted by molar-refractivity contribution is 9.11. The lowest BCUT2D eigenvalue weighted by Gasteiger charge is -2.01. The van der Waals surface area contributed by atoms with Crippen molar-refractivity contribution in [3.63, 3.8) is 0 Å². The smallest absolute Gasteiger partial charge is 0.348 e. The number of ether oxygens (including phenoxy) is 1. The van der Waals surface area contributed by atoms with Crippen molar-refractivity contribution in [3.8, 4) is 0 Å². The monoisotopic (exact) mass is 252 g/mol. The van der Waals surface area contributed by atoms with Crippen molar-refractivity contribution < 1.29 is 14.6 Å². The first kappa shape index (κ1) is 10.1. The number of aliphatic hydroxyl groups is 1. The molecule has 1 N–H and O–H groups in total. The van der Waals surface area contributed by atoms with Crippen LogP contribution in [0.15, 0.2) is 9.39 Å². The summed E-state index contributed by atoms with van der Waals surface area (Å²) in [5.41, 5.74) is 0. The molecule has 3 nitrogen and oxygen atoms in total. The van der Waals surface area contributed by atoms with Crippen molar-refractivity contribution >= 4 is 33.7 Å². The molecule has 5 heteroatoms. The van der Waals surface area contributed by atoms with Crippen molar-refractivity contribution in [3.05, 3.63) is 9.39 Å². The van der Waals surface area contributed by atoms with E-state index in [0.717, 1.165) is 0 Å². The van der Waals surface area contributed by atoms with Crippen LogP contribution >= 0.6 is 27.7 Å². The summed E-state index contributed by atoms with van der Waals surface area (Å²) in [5.74, 6) is -0.451. The predicted octanol–water partition coefficient (Wildman–Crippen LogP) is 1.61. The molecule has 12 heavy (non-hydrogen) atoms. The van der Waals surface area contributed by atoms with E-state index in [1.807, 2.05) is 13.8 Å². The highest BCUT2D eigenvalue weighted by atomic mass is 79.9. The fourth-order valence-electron chi connectivity index (χ4n) is 0.756. The summed E-state index contributed by atoms with van der Waals surface area (Å²) in [5, 5.41) is 9.39. The minimum atomic E-state index is -1.11. The quantitative estimate of drug-likeness (QED) is 0.759. The molecule has 68 valence electrons. The molecule has 0 fully saturated rings. The number of carbonyl (C=O) groups is 1.